The molecule has 2 unspecified atom stereocenters. The van der Waals surface area contributed by atoms with Crippen LogP contribution in [0.5, 0.6) is 0 Å². The molecule has 0 radical (unpaired) electrons. The molecule has 1 fully saturated rings. The van der Waals surface area contributed by atoms with E-state index in [2.05, 4.69) is 24.4 Å². The van der Waals surface area contributed by atoms with Crippen LogP contribution in [-0.2, 0) is 4.74 Å². The summed E-state index contributed by atoms with van der Waals surface area (Å²) in [6.45, 7) is 4.88. The molecule has 2 aromatic rings. The lowest BCUT2D eigenvalue weighted by Gasteiger charge is -2.19. The molecule has 1 aromatic heterocycles. The average Bonchev–Trinajstić information content (AvgIpc) is 3.17. The largest absolute Gasteiger partial charge is 0.376 e. The minimum Gasteiger partial charge on any atom is -0.376 e. The Kier molecular flexibility index (Phi) is 4.60. The van der Waals surface area contributed by atoms with Crippen LogP contribution in [0.3, 0.4) is 0 Å². The fourth-order valence-corrected chi connectivity index (χ4v) is 3.92. The van der Waals surface area contributed by atoms with Gasteiger partial charge in [-0.05, 0) is 43.9 Å². The zero-order valence-electron chi connectivity index (χ0n) is 13.0. The molecular weight excluding hydrogens is 294 g/mol. The number of ether oxygens (including phenoxy) is 1. The molecule has 2 heterocycles. The molecule has 1 aliphatic heterocycles. The fraction of sp³-hybridized carbons (Fsp3) is 0.389. The van der Waals surface area contributed by atoms with Gasteiger partial charge in [-0.1, -0.05) is 30.3 Å². The van der Waals surface area contributed by atoms with Crippen LogP contribution >= 0.6 is 11.3 Å². The number of rotatable bonds is 4. The van der Waals surface area contributed by atoms with E-state index < -0.39 is 0 Å². The second-order valence-electron chi connectivity index (χ2n) is 5.80. The van der Waals surface area contributed by atoms with E-state index in [0.717, 1.165) is 40.3 Å². The number of carbonyl (C=O) groups is 1. The molecule has 1 aromatic carbocycles. The lowest BCUT2D eigenvalue weighted by Crippen LogP contribution is -2.40. The van der Waals surface area contributed by atoms with E-state index in [-0.39, 0.29) is 18.1 Å². The number of amides is 1. The number of carbonyl (C=O) groups excluding carboxylic acids is 1. The van der Waals surface area contributed by atoms with Crippen molar-refractivity contribution in [1.82, 2.24) is 5.32 Å². The predicted octanol–water partition coefficient (Wildman–Crippen LogP) is 4.02. The number of benzene rings is 1. The third kappa shape index (κ3) is 3.23. The van der Waals surface area contributed by atoms with Gasteiger partial charge in [-0.3, -0.25) is 4.79 Å². The van der Waals surface area contributed by atoms with Gasteiger partial charge >= 0.3 is 0 Å². The van der Waals surface area contributed by atoms with Gasteiger partial charge in [0.1, 0.15) is 0 Å². The summed E-state index contributed by atoms with van der Waals surface area (Å²) in [6, 6.07) is 12.2. The van der Waals surface area contributed by atoms with Crippen molar-refractivity contribution < 1.29 is 9.53 Å². The number of hydrogen-bond acceptors (Lipinski definition) is 3. The predicted molar refractivity (Wildman–Crippen MR) is 90.4 cm³/mol. The van der Waals surface area contributed by atoms with Gasteiger partial charge in [0, 0.05) is 11.5 Å². The molecule has 3 rings (SSSR count). The zero-order chi connectivity index (χ0) is 15.5. The van der Waals surface area contributed by atoms with E-state index in [1.165, 1.54) is 0 Å². The summed E-state index contributed by atoms with van der Waals surface area (Å²) in [5.41, 5.74) is 2.31. The molecule has 0 bridgehead atoms. The van der Waals surface area contributed by atoms with Crippen LogP contribution in [-0.4, -0.2) is 24.7 Å². The number of aryl methyl sites for hydroxylation is 1. The van der Waals surface area contributed by atoms with E-state index in [0.29, 0.717) is 0 Å². The van der Waals surface area contributed by atoms with Crippen molar-refractivity contribution in [2.75, 3.05) is 6.61 Å². The van der Waals surface area contributed by atoms with E-state index in [9.17, 15) is 4.79 Å². The van der Waals surface area contributed by atoms with Gasteiger partial charge in [0.15, 0.2) is 0 Å². The molecule has 0 spiro atoms. The maximum atomic E-state index is 12.5. The first-order valence-corrected chi connectivity index (χ1v) is 8.55. The maximum absolute atomic E-state index is 12.5. The first kappa shape index (κ1) is 15.3. The number of thiophene rings is 1. The Labute approximate surface area is 135 Å². The van der Waals surface area contributed by atoms with Gasteiger partial charge in [0.05, 0.1) is 17.0 Å². The van der Waals surface area contributed by atoms with Gasteiger partial charge in [-0.15, -0.1) is 11.3 Å². The highest BCUT2D eigenvalue weighted by atomic mass is 32.1. The van der Waals surface area contributed by atoms with Crippen molar-refractivity contribution in [3.05, 3.63) is 46.8 Å². The van der Waals surface area contributed by atoms with Crippen molar-refractivity contribution in [2.45, 2.75) is 38.8 Å². The Hall–Kier alpha value is -1.65. The van der Waals surface area contributed by atoms with Gasteiger partial charge in [0.25, 0.3) is 5.91 Å². The molecule has 1 amide bonds. The van der Waals surface area contributed by atoms with E-state index in [1.807, 2.05) is 31.2 Å². The first-order chi connectivity index (χ1) is 10.6. The van der Waals surface area contributed by atoms with Crippen LogP contribution in [0.2, 0.25) is 0 Å². The quantitative estimate of drug-likeness (QED) is 0.925. The van der Waals surface area contributed by atoms with Crippen LogP contribution < -0.4 is 5.32 Å². The highest BCUT2D eigenvalue weighted by molar-refractivity contribution is 7.17. The molecule has 1 N–H and O–H groups in total. The molecule has 2 atom stereocenters. The Bertz CT molecular complexity index is 644. The SMILES string of the molecule is Cc1cc(C(=O)NC(C)C2CCCO2)sc1-c1ccccc1. The second kappa shape index (κ2) is 6.63. The highest BCUT2D eigenvalue weighted by Crippen LogP contribution is 2.32. The van der Waals surface area contributed by atoms with Gasteiger partial charge < -0.3 is 10.1 Å². The Morgan fingerprint density at radius 1 is 1.36 bits per heavy atom. The Morgan fingerprint density at radius 2 is 2.14 bits per heavy atom. The summed E-state index contributed by atoms with van der Waals surface area (Å²) < 4.78 is 5.64. The topological polar surface area (TPSA) is 38.3 Å². The van der Waals surface area contributed by atoms with Gasteiger partial charge in [-0.2, -0.15) is 0 Å². The van der Waals surface area contributed by atoms with E-state index >= 15 is 0 Å². The summed E-state index contributed by atoms with van der Waals surface area (Å²) in [6.07, 6.45) is 2.26. The van der Waals surface area contributed by atoms with Gasteiger partial charge in [-0.25, -0.2) is 0 Å². The summed E-state index contributed by atoms with van der Waals surface area (Å²) in [4.78, 5) is 14.4. The molecule has 1 saturated heterocycles. The average molecular weight is 315 g/mol. The second-order valence-corrected chi connectivity index (χ2v) is 6.85. The highest BCUT2D eigenvalue weighted by Gasteiger charge is 2.24. The normalized spacial score (nSPS) is 19.1. The number of hydrogen-bond donors (Lipinski definition) is 1. The maximum Gasteiger partial charge on any atom is 0.261 e. The minimum atomic E-state index is -0.00159. The van der Waals surface area contributed by atoms with E-state index in [1.54, 1.807) is 11.3 Å². The third-order valence-corrected chi connectivity index (χ3v) is 5.34. The Balaban J connectivity index is 1.73. The summed E-state index contributed by atoms with van der Waals surface area (Å²) >= 11 is 1.55. The van der Waals surface area contributed by atoms with Crippen LogP contribution in [0.4, 0.5) is 0 Å². The standard InChI is InChI=1S/C18H21NO2S/c1-12-11-16(22-17(12)14-7-4-3-5-8-14)18(20)19-13(2)15-9-6-10-21-15/h3-5,7-8,11,13,15H,6,9-10H2,1-2H3,(H,19,20). The van der Waals surface area contributed by atoms with Crippen LogP contribution in [0.1, 0.15) is 35.0 Å². The van der Waals surface area contributed by atoms with Gasteiger partial charge in [0.2, 0.25) is 0 Å². The molecule has 0 saturated carbocycles. The third-order valence-electron chi connectivity index (χ3n) is 4.06. The van der Waals surface area contributed by atoms with Crippen molar-refractivity contribution in [3.8, 4) is 10.4 Å². The van der Waals surface area contributed by atoms with Crippen molar-refractivity contribution in [2.24, 2.45) is 0 Å². The lowest BCUT2D eigenvalue weighted by molar-refractivity contribution is 0.0714. The van der Waals surface area contributed by atoms with Crippen LogP contribution in [0.15, 0.2) is 36.4 Å². The zero-order valence-corrected chi connectivity index (χ0v) is 13.8. The first-order valence-electron chi connectivity index (χ1n) is 7.73. The number of nitrogens with one attached hydrogen (secondary N) is 1. The van der Waals surface area contributed by atoms with Crippen LogP contribution in [0, 0.1) is 6.92 Å². The van der Waals surface area contributed by atoms with Crippen molar-refractivity contribution >= 4 is 17.2 Å². The molecule has 4 heteroatoms. The molecular formula is C18H21NO2S. The summed E-state index contributed by atoms with van der Waals surface area (Å²) in [5, 5.41) is 3.08. The molecule has 1 aliphatic rings. The molecule has 116 valence electrons. The summed E-state index contributed by atoms with van der Waals surface area (Å²) in [7, 11) is 0. The molecule has 3 nitrogen and oxygen atoms in total. The monoisotopic (exact) mass is 315 g/mol. The minimum absolute atomic E-state index is 0.00159. The Morgan fingerprint density at radius 3 is 2.82 bits per heavy atom. The lowest BCUT2D eigenvalue weighted by atomic mass is 10.1. The smallest absolute Gasteiger partial charge is 0.261 e. The van der Waals surface area contributed by atoms with Crippen molar-refractivity contribution in [3.63, 3.8) is 0 Å². The van der Waals surface area contributed by atoms with Crippen molar-refractivity contribution in [1.29, 1.82) is 0 Å². The fourth-order valence-electron chi connectivity index (χ4n) is 2.84. The molecule has 22 heavy (non-hydrogen) atoms. The van der Waals surface area contributed by atoms with E-state index in [4.69, 9.17) is 4.74 Å². The summed E-state index contributed by atoms with van der Waals surface area (Å²) in [5.74, 6) is -0.00159. The van der Waals surface area contributed by atoms with Crippen LogP contribution in [0.25, 0.3) is 10.4 Å². The molecule has 0 aliphatic carbocycles.